The molecular weight excluding hydrogens is 347 g/mol. The lowest BCUT2D eigenvalue weighted by Gasteiger charge is -2.14. The number of rotatable bonds is 8. The molecule has 7 nitrogen and oxygen atoms in total. The number of nitriles is 1. The first-order valence-corrected chi connectivity index (χ1v) is 8.47. The highest BCUT2D eigenvalue weighted by Crippen LogP contribution is 2.24. The Morgan fingerprint density at radius 1 is 1.44 bits per heavy atom. The summed E-state index contributed by atoms with van der Waals surface area (Å²) < 4.78 is 23.9. The lowest BCUT2D eigenvalue weighted by Crippen LogP contribution is -2.29. The number of carbonyl (C=O) groups is 1. The molecule has 2 aromatic rings. The number of thioether (sulfide) groups is 1. The molecule has 9 heteroatoms. The fraction of sp³-hybridized carbons (Fsp3) is 0.375. The molecule has 0 radical (unpaired) electrons. The van der Waals surface area contributed by atoms with Crippen LogP contribution in [0.15, 0.2) is 33.9 Å². The molecule has 1 aromatic carbocycles. The Bertz CT molecular complexity index is 745. The van der Waals surface area contributed by atoms with E-state index in [4.69, 9.17) is 14.4 Å². The van der Waals surface area contributed by atoms with Crippen molar-refractivity contribution < 1.29 is 18.3 Å². The summed E-state index contributed by atoms with van der Waals surface area (Å²) in [5.41, 5.74) is 0. The highest BCUT2D eigenvalue weighted by Gasteiger charge is 2.17. The average molecular weight is 364 g/mol. The SMILES string of the molecule is C[C@H](Oc1ccc(F)cc1)c1nnc(SCC(=O)N(C)CCC#N)o1. The molecule has 0 aliphatic rings. The summed E-state index contributed by atoms with van der Waals surface area (Å²) >= 11 is 1.12. The number of hydrogen-bond donors (Lipinski definition) is 0. The highest BCUT2D eigenvalue weighted by molar-refractivity contribution is 7.99. The van der Waals surface area contributed by atoms with Gasteiger partial charge in [-0.1, -0.05) is 11.8 Å². The summed E-state index contributed by atoms with van der Waals surface area (Å²) in [7, 11) is 1.64. The van der Waals surface area contributed by atoms with Gasteiger partial charge in [0.1, 0.15) is 11.6 Å². The Morgan fingerprint density at radius 3 is 2.84 bits per heavy atom. The van der Waals surface area contributed by atoms with Crippen LogP contribution in [0, 0.1) is 17.1 Å². The fourth-order valence-corrected chi connectivity index (χ4v) is 2.50. The Morgan fingerprint density at radius 2 is 2.16 bits per heavy atom. The molecule has 25 heavy (non-hydrogen) atoms. The average Bonchev–Trinajstić information content (AvgIpc) is 3.08. The van der Waals surface area contributed by atoms with E-state index in [1.807, 2.05) is 6.07 Å². The third kappa shape index (κ3) is 5.76. The predicted molar refractivity (Wildman–Crippen MR) is 88.3 cm³/mol. The molecule has 1 amide bonds. The van der Waals surface area contributed by atoms with Crippen LogP contribution in [0.25, 0.3) is 0 Å². The van der Waals surface area contributed by atoms with Crippen molar-refractivity contribution in [3.63, 3.8) is 0 Å². The smallest absolute Gasteiger partial charge is 0.277 e. The summed E-state index contributed by atoms with van der Waals surface area (Å²) in [5.74, 6) is 0.403. The van der Waals surface area contributed by atoms with Gasteiger partial charge in [-0.3, -0.25) is 4.79 Å². The summed E-state index contributed by atoms with van der Waals surface area (Å²) in [6.07, 6.45) is -0.225. The van der Waals surface area contributed by atoms with Gasteiger partial charge >= 0.3 is 0 Å². The Hall–Kier alpha value is -2.60. The van der Waals surface area contributed by atoms with Crippen LogP contribution >= 0.6 is 11.8 Å². The van der Waals surface area contributed by atoms with E-state index in [1.54, 1.807) is 14.0 Å². The second-order valence-electron chi connectivity index (χ2n) is 5.13. The second kappa shape index (κ2) is 9.03. The van der Waals surface area contributed by atoms with Gasteiger partial charge in [-0.25, -0.2) is 4.39 Å². The fourth-order valence-electron chi connectivity index (χ4n) is 1.79. The van der Waals surface area contributed by atoms with Crippen molar-refractivity contribution in [2.45, 2.75) is 24.7 Å². The van der Waals surface area contributed by atoms with Gasteiger partial charge in [0.2, 0.25) is 5.91 Å². The molecule has 0 saturated heterocycles. The van der Waals surface area contributed by atoms with Crippen LogP contribution in [0.5, 0.6) is 5.75 Å². The van der Waals surface area contributed by atoms with Crippen molar-refractivity contribution in [1.29, 1.82) is 5.26 Å². The summed E-state index contributed by atoms with van der Waals surface area (Å²) in [6.45, 7) is 2.11. The lowest BCUT2D eigenvalue weighted by molar-refractivity contribution is -0.127. The van der Waals surface area contributed by atoms with Gasteiger partial charge in [0.15, 0.2) is 6.10 Å². The van der Waals surface area contributed by atoms with Crippen LogP contribution in [0.1, 0.15) is 25.3 Å². The monoisotopic (exact) mass is 364 g/mol. The third-order valence-electron chi connectivity index (χ3n) is 3.20. The van der Waals surface area contributed by atoms with Crippen molar-refractivity contribution in [2.24, 2.45) is 0 Å². The molecule has 0 bridgehead atoms. The standard InChI is InChI=1S/C16H17FN4O3S/c1-11(23-13-6-4-12(17)5-7-13)15-19-20-16(24-15)25-10-14(22)21(2)9-3-8-18/h4-7,11H,3,9-10H2,1-2H3/t11-/m0/s1. The number of halogens is 1. The molecule has 1 heterocycles. The maximum atomic E-state index is 12.9. The molecule has 0 aliphatic heterocycles. The molecule has 0 N–H and O–H groups in total. The van der Waals surface area contributed by atoms with Gasteiger partial charge in [0.25, 0.3) is 11.1 Å². The predicted octanol–water partition coefficient (Wildman–Crippen LogP) is 2.81. The topological polar surface area (TPSA) is 92.3 Å². The Kier molecular flexibility index (Phi) is 6.77. The van der Waals surface area contributed by atoms with Crippen molar-refractivity contribution >= 4 is 17.7 Å². The number of nitrogens with zero attached hydrogens (tertiary/aromatic N) is 4. The first-order valence-electron chi connectivity index (χ1n) is 7.49. The van der Waals surface area contributed by atoms with Crippen LogP contribution < -0.4 is 4.74 Å². The van der Waals surface area contributed by atoms with Crippen molar-refractivity contribution in [2.75, 3.05) is 19.3 Å². The quantitative estimate of drug-likeness (QED) is 0.665. The van der Waals surface area contributed by atoms with Gasteiger partial charge in [-0.2, -0.15) is 5.26 Å². The number of ether oxygens (including phenoxy) is 1. The molecule has 1 aromatic heterocycles. The molecule has 0 aliphatic carbocycles. The van der Waals surface area contributed by atoms with Crippen LogP contribution in [-0.2, 0) is 4.79 Å². The summed E-state index contributed by atoms with van der Waals surface area (Å²) in [4.78, 5) is 13.4. The van der Waals surface area contributed by atoms with Gasteiger partial charge < -0.3 is 14.1 Å². The van der Waals surface area contributed by atoms with E-state index >= 15 is 0 Å². The zero-order valence-electron chi connectivity index (χ0n) is 13.8. The van der Waals surface area contributed by atoms with E-state index in [1.165, 1.54) is 29.2 Å². The molecule has 1 atom stereocenters. The molecule has 0 spiro atoms. The normalized spacial score (nSPS) is 11.6. The van der Waals surface area contributed by atoms with E-state index in [-0.39, 0.29) is 35.0 Å². The minimum Gasteiger partial charge on any atom is -0.481 e. The molecule has 0 fully saturated rings. The third-order valence-corrected chi connectivity index (χ3v) is 4.00. The van der Waals surface area contributed by atoms with Gasteiger partial charge in [0.05, 0.1) is 18.2 Å². The summed E-state index contributed by atoms with van der Waals surface area (Å²) in [6, 6.07) is 7.60. The molecular formula is C16H17FN4O3S. The van der Waals surface area contributed by atoms with Crippen LogP contribution in [0.4, 0.5) is 4.39 Å². The molecule has 2 rings (SSSR count). The van der Waals surface area contributed by atoms with E-state index in [0.29, 0.717) is 12.3 Å². The highest BCUT2D eigenvalue weighted by atomic mass is 32.2. The zero-order valence-corrected chi connectivity index (χ0v) is 14.6. The maximum Gasteiger partial charge on any atom is 0.277 e. The van der Waals surface area contributed by atoms with Crippen LogP contribution in [0.3, 0.4) is 0 Å². The number of benzene rings is 1. The first kappa shape index (κ1) is 18.7. The van der Waals surface area contributed by atoms with Crippen molar-refractivity contribution in [1.82, 2.24) is 15.1 Å². The van der Waals surface area contributed by atoms with Crippen LogP contribution in [-0.4, -0.2) is 40.3 Å². The number of carbonyl (C=O) groups excluding carboxylic acids is 1. The van der Waals surface area contributed by atoms with Crippen LogP contribution in [0.2, 0.25) is 0 Å². The molecule has 0 saturated carbocycles. The Balaban J connectivity index is 1.85. The Labute approximate surface area is 148 Å². The number of hydrogen-bond acceptors (Lipinski definition) is 7. The number of aromatic nitrogens is 2. The van der Waals surface area contributed by atoms with Gasteiger partial charge in [0, 0.05) is 13.6 Å². The summed E-state index contributed by atoms with van der Waals surface area (Å²) in [5, 5.41) is 16.5. The lowest BCUT2D eigenvalue weighted by atomic mass is 10.3. The maximum absolute atomic E-state index is 12.9. The van der Waals surface area contributed by atoms with Crippen molar-refractivity contribution in [3.05, 3.63) is 36.0 Å². The first-order chi connectivity index (χ1) is 12.0. The van der Waals surface area contributed by atoms with E-state index in [9.17, 15) is 9.18 Å². The van der Waals surface area contributed by atoms with Gasteiger partial charge in [-0.15, -0.1) is 10.2 Å². The van der Waals surface area contributed by atoms with E-state index in [0.717, 1.165) is 11.8 Å². The zero-order chi connectivity index (χ0) is 18.2. The number of amides is 1. The van der Waals surface area contributed by atoms with E-state index < -0.39 is 6.10 Å². The van der Waals surface area contributed by atoms with Gasteiger partial charge in [-0.05, 0) is 31.2 Å². The van der Waals surface area contributed by atoms with E-state index in [2.05, 4.69) is 10.2 Å². The molecule has 132 valence electrons. The minimum atomic E-state index is -0.513. The molecule has 0 unspecified atom stereocenters. The minimum absolute atomic E-state index is 0.129. The second-order valence-corrected chi connectivity index (χ2v) is 6.06. The van der Waals surface area contributed by atoms with Crippen molar-refractivity contribution in [3.8, 4) is 11.8 Å². The largest absolute Gasteiger partial charge is 0.481 e.